The van der Waals surface area contributed by atoms with Gasteiger partial charge in [-0.05, 0) is 55.0 Å². The number of carbonyl (C=O) groups excluding carboxylic acids is 3. The summed E-state index contributed by atoms with van der Waals surface area (Å²) in [6.45, 7) is 0.965. The lowest BCUT2D eigenvalue weighted by Gasteiger charge is -2.49. The molecular weight excluding hydrogens is 422 g/mol. The van der Waals surface area contributed by atoms with Gasteiger partial charge in [0.15, 0.2) is 16.9 Å². The molecule has 1 spiro atoms. The second-order valence-electron chi connectivity index (χ2n) is 8.78. The zero-order chi connectivity index (χ0) is 23.2. The molecule has 3 heterocycles. The van der Waals surface area contributed by atoms with Gasteiger partial charge in [0.1, 0.15) is 0 Å². The predicted molar refractivity (Wildman–Crippen MR) is 121 cm³/mol. The number of carbonyl (C=O) groups is 3. The number of imide groups is 2. The van der Waals surface area contributed by atoms with Crippen LogP contribution in [0.3, 0.4) is 0 Å². The largest absolute Gasteiger partial charge is 0.493 e. The summed E-state index contributed by atoms with van der Waals surface area (Å²) < 4.78 is 10.6. The molecular formula is C25H27N3O5. The Bertz CT molecular complexity index is 1130. The average molecular weight is 450 g/mol. The minimum Gasteiger partial charge on any atom is -0.493 e. The van der Waals surface area contributed by atoms with Crippen molar-refractivity contribution in [2.45, 2.75) is 31.7 Å². The predicted octanol–water partition coefficient (Wildman–Crippen LogP) is 2.54. The van der Waals surface area contributed by atoms with E-state index in [9.17, 15) is 14.4 Å². The van der Waals surface area contributed by atoms with Gasteiger partial charge in [0, 0.05) is 18.8 Å². The molecule has 0 unspecified atom stereocenters. The normalized spacial score (nSPS) is 23.9. The molecule has 172 valence electrons. The topological polar surface area (TPSA) is 88.2 Å². The Morgan fingerprint density at radius 2 is 1.85 bits per heavy atom. The van der Waals surface area contributed by atoms with Crippen molar-refractivity contribution in [1.82, 2.24) is 10.2 Å². The van der Waals surface area contributed by atoms with Gasteiger partial charge >= 0.3 is 6.03 Å². The first kappa shape index (κ1) is 21.3. The fraction of sp³-hybridized carbons (Fsp3) is 0.400. The van der Waals surface area contributed by atoms with E-state index in [0.29, 0.717) is 24.3 Å². The van der Waals surface area contributed by atoms with Crippen molar-refractivity contribution in [2.24, 2.45) is 5.41 Å². The van der Waals surface area contributed by atoms with Crippen molar-refractivity contribution in [3.63, 3.8) is 0 Å². The van der Waals surface area contributed by atoms with Crippen LogP contribution in [0.5, 0.6) is 11.5 Å². The Labute approximate surface area is 192 Å². The smallest absolute Gasteiger partial charge is 0.330 e. The Hall–Kier alpha value is -3.55. The van der Waals surface area contributed by atoms with Crippen molar-refractivity contribution in [1.29, 1.82) is 0 Å². The third-order valence-corrected chi connectivity index (χ3v) is 7.16. The second-order valence-corrected chi connectivity index (χ2v) is 8.78. The highest BCUT2D eigenvalue weighted by molar-refractivity contribution is 6.20. The Kier molecular flexibility index (Phi) is 5.23. The van der Waals surface area contributed by atoms with Crippen molar-refractivity contribution < 1.29 is 23.9 Å². The van der Waals surface area contributed by atoms with Gasteiger partial charge in [0.25, 0.3) is 0 Å². The summed E-state index contributed by atoms with van der Waals surface area (Å²) in [4.78, 5) is 43.3. The Morgan fingerprint density at radius 1 is 1.06 bits per heavy atom. The van der Waals surface area contributed by atoms with Crippen LogP contribution in [0.4, 0.5) is 10.5 Å². The van der Waals surface area contributed by atoms with Crippen LogP contribution in [0.1, 0.15) is 24.0 Å². The van der Waals surface area contributed by atoms with E-state index in [-0.39, 0.29) is 12.6 Å². The minimum absolute atomic E-state index is 0.170. The number of anilines is 1. The molecule has 3 aliphatic heterocycles. The third-order valence-electron chi connectivity index (χ3n) is 7.16. The van der Waals surface area contributed by atoms with Crippen LogP contribution in [0.25, 0.3) is 0 Å². The first-order valence-corrected chi connectivity index (χ1v) is 11.2. The van der Waals surface area contributed by atoms with E-state index < -0.39 is 23.3 Å². The molecule has 0 aliphatic carbocycles. The van der Waals surface area contributed by atoms with Crippen LogP contribution >= 0.6 is 0 Å². The number of hydrogen-bond acceptors (Lipinski definition) is 6. The number of benzene rings is 2. The van der Waals surface area contributed by atoms with Crippen molar-refractivity contribution >= 4 is 23.5 Å². The third kappa shape index (κ3) is 3.23. The van der Waals surface area contributed by atoms with E-state index >= 15 is 0 Å². The van der Waals surface area contributed by atoms with Gasteiger partial charge in [-0.1, -0.05) is 24.3 Å². The molecule has 2 aromatic carbocycles. The molecule has 0 saturated carbocycles. The molecule has 0 aromatic heterocycles. The number of fused-ring (bicyclic) bond motifs is 4. The van der Waals surface area contributed by atoms with E-state index in [1.54, 1.807) is 20.3 Å². The summed E-state index contributed by atoms with van der Waals surface area (Å²) in [5.74, 6) is 0.316. The number of barbiturate groups is 1. The molecule has 2 aromatic rings. The number of nitrogens with one attached hydrogen (secondary N) is 1. The van der Waals surface area contributed by atoms with Crippen LogP contribution in [0, 0.1) is 5.41 Å². The Morgan fingerprint density at radius 3 is 2.64 bits per heavy atom. The molecule has 2 saturated heterocycles. The van der Waals surface area contributed by atoms with E-state index in [1.807, 2.05) is 36.4 Å². The number of amides is 4. The summed E-state index contributed by atoms with van der Waals surface area (Å²) >= 11 is 0. The molecule has 3 aliphatic rings. The standard InChI is InChI=1S/C25H27N3O5/c1-32-19-10-9-16(14-20(19)33-2)11-13-28-23(30)25(22(29)26-24(28)31)15-17-6-3-4-7-18(17)27-12-5-8-21(25)27/h3-4,6-7,9-10,14,21H,5,8,11-13,15H2,1-2H3,(H,26,29,31)/t21-,25-/m1/s1. The van der Waals surface area contributed by atoms with Gasteiger partial charge in [-0.2, -0.15) is 0 Å². The molecule has 8 heteroatoms. The lowest BCUT2D eigenvalue weighted by atomic mass is 9.68. The highest BCUT2D eigenvalue weighted by atomic mass is 16.5. The first-order valence-electron chi connectivity index (χ1n) is 11.2. The van der Waals surface area contributed by atoms with E-state index in [2.05, 4.69) is 10.2 Å². The highest BCUT2D eigenvalue weighted by Crippen LogP contribution is 2.48. The van der Waals surface area contributed by atoms with Gasteiger partial charge in [0.2, 0.25) is 11.8 Å². The number of methoxy groups -OCH3 is 2. The zero-order valence-electron chi connectivity index (χ0n) is 18.8. The summed E-state index contributed by atoms with van der Waals surface area (Å²) in [5, 5.41) is 2.50. The van der Waals surface area contributed by atoms with Crippen LogP contribution in [0.2, 0.25) is 0 Å². The maximum absolute atomic E-state index is 13.9. The molecule has 2 atom stereocenters. The molecule has 5 rings (SSSR count). The Balaban J connectivity index is 1.45. The second kappa shape index (κ2) is 8.10. The summed E-state index contributed by atoms with van der Waals surface area (Å²) in [5.41, 5.74) is 1.65. The number of nitrogens with zero attached hydrogens (tertiary/aromatic N) is 2. The number of hydrogen-bond donors (Lipinski definition) is 1. The van der Waals surface area contributed by atoms with Gasteiger partial charge in [-0.3, -0.25) is 19.8 Å². The minimum atomic E-state index is -1.30. The maximum Gasteiger partial charge on any atom is 0.330 e. The summed E-state index contributed by atoms with van der Waals surface area (Å²) in [6, 6.07) is 12.5. The average Bonchev–Trinajstić information content (AvgIpc) is 3.33. The number of urea groups is 1. The molecule has 0 bridgehead atoms. The molecule has 2 fully saturated rings. The van der Waals surface area contributed by atoms with Crippen LogP contribution in [-0.2, 0) is 22.4 Å². The maximum atomic E-state index is 13.9. The number of rotatable bonds is 5. The van der Waals surface area contributed by atoms with Crippen molar-refractivity contribution in [3.05, 3.63) is 53.6 Å². The monoisotopic (exact) mass is 449 g/mol. The molecule has 1 N–H and O–H groups in total. The fourth-order valence-electron chi connectivity index (χ4n) is 5.56. The van der Waals surface area contributed by atoms with Gasteiger partial charge < -0.3 is 14.4 Å². The van der Waals surface area contributed by atoms with E-state index in [4.69, 9.17) is 9.47 Å². The van der Waals surface area contributed by atoms with Crippen LogP contribution in [-0.4, -0.2) is 56.1 Å². The SMILES string of the molecule is COc1ccc(CCN2C(=O)NC(=O)[C@]3(Cc4ccccc4N4CCC[C@@H]43)C2=O)cc1OC. The quantitative estimate of drug-likeness (QED) is 0.706. The number of ether oxygens (including phenoxy) is 2. The first-order chi connectivity index (χ1) is 16.0. The summed E-state index contributed by atoms with van der Waals surface area (Å²) in [6.07, 6.45) is 2.38. The molecule has 33 heavy (non-hydrogen) atoms. The lowest BCUT2D eigenvalue weighted by molar-refractivity contribution is -0.153. The van der Waals surface area contributed by atoms with Crippen LogP contribution in [0.15, 0.2) is 42.5 Å². The fourth-order valence-corrected chi connectivity index (χ4v) is 5.56. The van der Waals surface area contributed by atoms with Crippen molar-refractivity contribution in [2.75, 3.05) is 32.2 Å². The van der Waals surface area contributed by atoms with Gasteiger partial charge in [0.05, 0.1) is 20.3 Å². The van der Waals surface area contributed by atoms with Gasteiger partial charge in [-0.15, -0.1) is 0 Å². The van der Waals surface area contributed by atoms with Gasteiger partial charge in [-0.25, -0.2) is 4.79 Å². The highest BCUT2D eigenvalue weighted by Gasteiger charge is 2.62. The summed E-state index contributed by atoms with van der Waals surface area (Å²) in [7, 11) is 3.13. The zero-order valence-corrected chi connectivity index (χ0v) is 18.8. The van der Waals surface area contributed by atoms with E-state index in [0.717, 1.165) is 36.2 Å². The molecule has 0 radical (unpaired) electrons. The van der Waals surface area contributed by atoms with Crippen LogP contribution < -0.4 is 19.7 Å². The molecule has 4 amide bonds. The lowest BCUT2D eigenvalue weighted by Crippen LogP contribution is -2.71. The molecule has 8 nitrogen and oxygen atoms in total. The van der Waals surface area contributed by atoms with Crippen molar-refractivity contribution in [3.8, 4) is 11.5 Å². The van der Waals surface area contributed by atoms with E-state index in [1.165, 1.54) is 4.90 Å². The number of para-hydroxylation sites is 1.